The van der Waals surface area contributed by atoms with Crippen LogP contribution >= 0.6 is 0 Å². The summed E-state index contributed by atoms with van der Waals surface area (Å²) in [6.45, 7) is 4.77. The first-order chi connectivity index (χ1) is 8.36. The second-order valence-corrected chi connectivity index (χ2v) is 4.41. The number of hydrogen-bond acceptors (Lipinski definition) is 4. The molecule has 17 heavy (non-hydrogen) atoms. The van der Waals surface area contributed by atoms with E-state index in [4.69, 9.17) is 5.11 Å². The largest absolute Gasteiger partial charge is 0.395 e. The molecule has 2 N–H and O–H groups in total. The second kappa shape index (κ2) is 5.98. The number of nitrogens with zero attached hydrogens (tertiary/aromatic N) is 2. The summed E-state index contributed by atoms with van der Waals surface area (Å²) in [5, 5.41) is 12.5. The summed E-state index contributed by atoms with van der Waals surface area (Å²) in [6, 6.07) is 4.66. The summed E-state index contributed by atoms with van der Waals surface area (Å²) >= 11 is 0. The van der Waals surface area contributed by atoms with Gasteiger partial charge < -0.3 is 15.3 Å². The highest BCUT2D eigenvalue weighted by atomic mass is 16.3. The fraction of sp³-hybridized carbons (Fsp3) is 0.615. The van der Waals surface area contributed by atoms with Crippen LogP contribution in [0.25, 0.3) is 0 Å². The van der Waals surface area contributed by atoms with Crippen molar-refractivity contribution in [3.05, 3.63) is 23.9 Å². The molecule has 0 aromatic carbocycles. The Balaban J connectivity index is 2.15. The first-order valence-electron chi connectivity index (χ1n) is 6.39. The third kappa shape index (κ3) is 3.17. The normalized spacial score (nSPS) is 14.9. The van der Waals surface area contributed by atoms with Gasteiger partial charge in [0.25, 0.3) is 0 Å². The van der Waals surface area contributed by atoms with Gasteiger partial charge in [-0.25, -0.2) is 4.98 Å². The van der Waals surface area contributed by atoms with Crippen LogP contribution < -0.4 is 10.2 Å². The van der Waals surface area contributed by atoms with Crippen molar-refractivity contribution in [2.45, 2.75) is 32.4 Å². The third-order valence-electron chi connectivity index (χ3n) is 3.03. The topological polar surface area (TPSA) is 48.4 Å². The summed E-state index contributed by atoms with van der Waals surface area (Å²) in [7, 11) is 0. The Morgan fingerprint density at radius 3 is 3.00 bits per heavy atom. The van der Waals surface area contributed by atoms with Gasteiger partial charge in [0, 0.05) is 30.9 Å². The molecule has 0 bridgehead atoms. The molecule has 2 rings (SSSR count). The molecule has 1 heterocycles. The molecule has 0 saturated heterocycles. The van der Waals surface area contributed by atoms with Gasteiger partial charge in [-0.1, -0.05) is 13.0 Å². The Hall–Kier alpha value is -1.13. The number of aliphatic hydroxyl groups is 1. The molecule has 4 nitrogen and oxygen atoms in total. The molecular weight excluding hydrogens is 214 g/mol. The minimum atomic E-state index is 0.188. The van der Waals surface area contributed by atoms with E-state index in [-0.39, 0.29) is 6.61 Å². The van der Waals surface area contributed by atoms with Crippen LogP contribution in [0.15, 0.2) is 18.3 Å². The molecule has 1 aliphatic rings. The molecule has 1 saturated carbocycles. The van der Waals surface area contributed by atoms with Crippen LogP contribution in [-0.4, -0.2) is 35.8 Å². The van der Waals surface area contributed by atoms with E-state index in [1.54, 1.807) is 0 Å². The Bertz CT molecular complexity index is 352. The van der Waals surface area contributed by atoms with Gasteiger partial charge in [-0.15, -0.1) is 0 Å². The highest BCUT2D eigenvalue weighted by Crippen LogP contribution is 2.31. The van der Waals surface area contributed by atoms with E-state index in [1.807, 2.05) is 12.3 Å². The van der Waals surface area contributed by atoms with Gasteiger partial charge in [-0.2, -0.15) is 0 Å². The molecule has 1 aliphatic carbocycles. The number of aliphatic hydroxyl groups excluding tert-OH is 1. The summed E-state index contributed by atoms with van der Waals surface area (Å²) in [5.41, 5.74) is 1.22. The van der Waals surface area contributed by atoms with Crippen LogP contribution in [0.1, 0.15) is 25.3 Å². The fourth-order valence-corrected chi connectivity index (χ4v) is 2.04. The Morgan fingerprint density at radius 2 is 2.35 bits per heavy atom. The SMILES string of the molecule is CCNCc1cccnc1N(CCO)C1CC1. The van der Waals surface area contributed by atoms with Crippen molar-refractivity contribution in [1.29, 1.82) is 0 Å². The molecule has 4 heteroatoms. The maximum atomic E-state index is 9.16. The van der Waals surface area contributed by atoms with E-state index in [0.717, 1.165) is 18.9 Å². The summed E-state index contributed by atoms with van der Waals surface area (Å²) in [4.78, 5) is 6.73. The van der Waals surface area contributed by atoms with Crippen LogP contribution in [0.4, 0.5) is 5.82 Å². The lowest BCUT2D eigenvalue weighted by Crippen LogP contribution is -2.31. The van der Waals surface area contributed by atoms with E-state index in [1.165, 1.54) is 18.4 Å². The first kappa shape index (κ1) is 12.3. The first-order valence-corrected chi connectivity index (χ1v) is 6.39. The minimum Gasteiger partial charge on any atom is -0.395 e. The standard InChI is InChI=1S/C13H21N3O/c1-2-14-10-11-4-3-7-15-13(11)16(8-9-17)12-5-6-12/h3-4,7,12,14,17H,2,5-6,8-10H2,1H3. The van der Waals surface area contributed by atoms with E-state index in [9.17, 15) is 0 Å². The average molecular weight is 235 g/mol. The molecule has 0 atom stereocenters. The van der Waals surface area contributed by atoms with Gasteiger partial charge in [0.15, 0.2) is 0 Å². The van der Waals surface area contributed by atoms with Gasteiger partial charge in [0.05, 0.1) is 6.61 Å². The number of anilines is 1. The second-order valence-electron chi connectivity index (χ2n) is 4.41. The Morgan fingerprint density at radius 1 is 1.53 bits per heavy atom. The van der Waals surface area contributed by atoms with Crippen molar-refractivity contribution in [3.8, 4) is 0 Å². The molecule has 0 unspecified atom stereocenters. The van der Waals surface area contributed by atoms with Gasteiger partial charge in [0.1, 0.15) is 5.82 Å². The predicted molar refractivity (Wildman–Crippen MR) is 69.1 cm³/mol. The predicted octanol–water partition coefficient (Wildman–Crippen LogP) is 1.15. The quantitative estimate of drug-likeness (QED) is 0.744. The van der Waals surface area contributed by atoms with Crippen molar-refractivity contribution in [3.63, 3.8) is 0 Å². The number of rotatable bonds is 7. The minimum absolute atomic E-state index is 0.188. The number of aromatic nitrogens is 1. The van der Waals surface area contributed by atoms with Crippen molar-refractivity contribution in [1.82, 2.24) is 10.3 Å². The lowest BCUT2D eigenvalue weighted by atomic mass is 10.2. The molecule has 0 amide bonds. The van der Waals surface area contributed by atoms with Crippen molar-refractivity contribution in [2.24, 2.45) is 0 Å². The fourth-order valence-electron chi connectivity index (χ4n) is 2.04. The van der Waals surface area contributed by atoms with E-state index in [0.29, 0.717) is 12.6 Å². The summed E-state index contributed by atoms with van der Waals surface area (Å²) < 4.78 is 0. The molecule has 1 aromatic heterocycles. The average Bonchev–Trinajstić information content (AvgIpc) is 3.18. The molecular formula is C13H21N3O. The van der Waals surface area contributed by atoms with Gasteiger partial charge in [-0.05, 0) is 25.5 Å². The monoisotopic (exact) mass is 235 g/mol. The lowest BCUT2D eigenvalue weighted by Gasteiger charge is -2.25. The molecule has 1 aromatic rings. The van der Waals surface area contributed by atoms with Crippen molar-refractivity contribution in [2.75, 3.05) is 24.6 Å². The van der Waals surface area contributed by atoms with Crippen LogP contribution in [-0.2, 0) is 6.54 Å². The smallest absolute Gasteiger partial charge is 0.133 e. The maximum Gasteiger partial charge on any atom is 0.133 e. The Kier molecular flexibility index (Phi) is 4.34. The van der Waals surface area contributed by atoms with Crippen LogP contribution in [0, 0.1) is 0 Å². The highest BCUT2D eigenvalue weighted by Gasteiger charge is 2.30. The van der Waals surface area contributed by atoms with E-state index in [2.05, 4.69) is 28.2 Å². The van der Waals surface area contributed by atoms with Crippen LogP contribution in [0.5, 0.6) is 0 Å². The van der Waals surface area contributed by atoms with Crippen molar-refractivity contribution >= 4 is 5.82 Å². The van der Waals surface area contributed by atoms with Crippen LogP contribution in [0.3, 0.4) is 0 Å². The number of hydrogen-bond donors (Lipinski definition) is 2. The van der Waals surface area contributed by atoms with Crippen LogP contribution in [0.2, 0.25) is 0 Å². The van der Waals surface area contributed by atoms with Gasteiger partial charge in [-0.3, -0.25) is 0 Å². The zero-order chi connectivity index (χ0) is 12.1. The number of nitrogens with one attached hydrogen (secondary N) is 1. The lowest BCUT2D eigenvalue weighted by molar-refractivity contribution is 0.301. The summed E-state index contributed by atoms with van der Waals surface area (Å²) in [6.07, 6.45) is 4.27. The molecule has 94 valence electrons. The van der Waals surface area contributed by atoms with Gasteiger partial charge >= 0.3 is 0 Å². The van der Waals surface area contributed by atoms with E-state index < -0.39 is 0 Å². The van der Waals surface area contributed by atoms with Crippen molar-refractivity contribution < 1.29 is 5.11 Å². The van der Waals surface area contributed by atoms with Gasteiger partial charge in [0.2, 0.25) is 0 Å². The van der Waals surface area contributed by atoms with E-state index >= 15 is 0 Å². The zero-order valence-electron chi connectivity index (χ0n) is 10.4. The zero-order valence-corrected chi connectivity index (χ0v) is 10.4. The number of pyridine rings is 1. The molecule has 0 aliphatic heterocycles. The Labute approximate surface area is 103 Å². The maximum absolute atomic E-state index is 9.16. The highest BCUT2D eigenvalue weighted by molar-refractivity contribution is 5.48. The molecule has 0 spiro atoms. The summed E-state index contributed by atoms with van der Waals surface area (Å²) in [5.74, 6) is 1.03. The molecule has 0 radical (unpaired) electrons. The third-order valence-corrected chi connectivity index (χ3v) is 3.03. The molecule has 1 fully saturated rings.